The molecule has 0 bridgehead atoms. The molecule has 5 nitrogen and oxygen atoms in total. The highest BCUT2D eigenvalue weighted by atomic mass is 35.5. The van der Waals surface area contributed by atoms with Crippen LogP contribution in [-0.2, 0) is 9.59 Å². The predicted octanol–water partition coefficient (Wildman–Crippen LogP) is 0.593. The first kappa shape index (κ1) is 19.0. The van der Waals surface area contributed by atoms with Gasteiger partial charge in [0.05, 0.1) is 6.54 Å². The van der Waals surface area contributed by atoms with E-state index in [0.717, 1.165) is 25.9 Å². The summed E-state index contributed by atoms with van der Waals surface area (Å²) in [5.41, 5.74) is 0. The van der Waals surface area contributed by atoms with Crippen molar-refractivity contribution in [2.24, 2.45) is 5.92 Å². The molecule has 0 aliphatic carbocycles. The van der Waals surface area contributed by atoms with Gasteiger partial charge in [-0.1, -0.05) is 0 Å². The van der Waals surface area contributed by atoms with Gasteiger partial charge >= 0.3 is 6.18 Å². The molecular weight excluding hydrogens is 299 g/mol. The first-order valence-corrected chi connectivity index (χ1v) is 6.17. The van der Waals surface area contributed by atoms with Crippen LogP contribution in [0.4, 0.5) is 13.2 Å². The molecule has 20 heavy (non-hydrogen) atoms. The van der Waals surface area contributed by atoms with E-state index in [1.54, 1.807) is 5.32 Å². The van der Waals surface area contributed by atoms with Gasteiger partial charge in [-0.25, -0.2) is 0 Å². The molecule has 0 aromatic carbocycles. The van der Waals surface area contributed by atoms with Gasteiger partial charge in [0.1, 0.15) is 6.54 Å². The molecule has 1 rings (SSSR count). The fourth-order valence-electron chi connectivity index (χ4n) is 1.82. The van der Waals surface area contributed by atoms with Gasteiger partial charge in [0.2, 0.25) is 11.8 Å². The van der Waals surface area contributed by atoms with Crippen molar-refractivity contribution in [3.05, 3.63) is 0 Å². The summed E-state index contributed by atoms with van der Waals surface area (Å²) >= 11 is 0. The molecule has 9 heteroatoms. The molecule has 0 saturated carbocycles. The van der Waals surface area contributed by atoms with Crippen molar-refractivity contribution in [3.8, 4) is 0 Å². The molecule has 0 aromatic heterocycles. The first-order chi connectivity index (χ1) is 8.87. The number of amides is 2. The van der Waals surface area contributed by atoms with Crippen molar-refractivity contribution >= 4 is 24.2 Å². The standard InChI is InChI=1S/C11H18F3N3O2.ClH/c12-11(13,14)7-17-10(19)6-16-9(18)2-1-8-3-4-15-5-8;/h8,15H,1-7H2,(H,16,18)(H,17,19);1H. The topological polar surface area (TPSA) is 70.2 Å². The molecule has 118 valence electrons. The molecule has 0 radical (unpaired) electrons. The molecule has 0 spiro atoms. The zero-order valence-electron chi connectivity index (χ0n) is 10.9. The number of nitrogens with one attached hydrogen (secondary N) is 3. The molecule has 3 N–H and O–H groups in total. The van der Waals surface area contributed by atoms with Gasteiger partial charge in [-0.15, -0.1) is 12.4 Å². The van der Waals surface area contributed by atoms with Crippen LogP contribution in [0.3, 0.4) is 0 Å². The van der Waals surface area contributed by atoms with Crippen LogP contribution in [-0.4, -0.2) is 44.2 Å². The third kappa shape index (κ3) is 8.98. The van der Waals surface area contributed by atoms with Crippen molar-refractivity contribution < 1.29 is 22.8 Å². The second-order valence-electron chi connectivity index (χ2n) is 4.57. The van der Waals surface area contributed by atoms with E-state index in [4.69, 9.17) is 0 Å². The van der Waals surface area contributed by atoms with Crippen molar-refractivity contribution in [2.45, 2.75) is 25.4 Å². The Balaban J connectivity index is 0.00000361. The summed E-state index contributed by atoms with van der Waals surface area (Å²) in [6.45, 7) is 0.0404. The zero-order valence-corrected chi connectivity index (χ0v) is 11.7. The van der Waals surface area contributed by atoms with Crippen LogP contribution >= 0.6 is 12.4 Å². The second kappa shape index (κ2) is 9.02. The number of alkyl halides is 3. The van der Waals surface area contributed by atoms with E-state index in [-0.39, 0.29) is 18.3 Å². The lowest BCUT2D eigenvalue weighted by molar-refractivity contribution is -0.138. The largest absolute Gasteiger partial charge is 0.405 e. The molecule has 1 atom stereocenters. The summed E-state index contributed by atoms with van der Waals surface area (Å²) in [6, 6.07) is 0. The van der Waals surface area contributed by atoms with Crippen LogP contribution in [0.2, 0.25) is 0 Å². The number of carbonyl (C=O) groups excluding carboxylic acids is 2. The third-order valence-corrected chi connectivity index (χ3v) is 2.87. The average Bonchev–Trinajstić information content (AvgIpc) is 2.83. The van der Waals surface area contributed by atoms with Crippen molar-refractivity contribution in [1.82, 2.24) is 16.0 Å². The Morgan fingerprint density at radius 2 is 1.90 bits per heavy atom. The maximum absolute atomic E-state index is 11.8. The minimum atomic E-state index is -4.44. The Kier molecular flexibility index (Phi) is 8.56. The lowest BCUT2D eigenvalue weighted by Crippen LogP contribution is -2.40. The third-order valence-electron chi connectivity index (χ3n) is 2.87. The number of rotatable bonds is 6. The van der Waals surface area contributed by atoms with E-state index in [1.807, 2.05) is 0 Å². The predicted molar refractivity (Wildman–Crippen MR) is 69.5 cm³/mol. The maximum Gasteiger partial charge on any atom is 0.405 e. The van der Waals surface area contributed by atoms with E-state index in [9.17, 15) is 22.8 Å². The van der Waals surface area contributed by atoms with E-state index in [1.165, 1.54) is 0 Å². The minimum Gasteiger partial charge on any atom is -0.347 e. The van der Waals surface area contributed by atoms with E-state index >= 15 is 0 Å². The molecule has 1 aliphatic heterocycles. The fraction of sp³-hybridized carbons (Fsp3) is 0.818. The summed E-state index contributed by atoms with van der Waals surface area (Å²) in [5.74, 6) is -0.688. The summed E-state index contributed by atoms with van der Waals surface area (Å²) in [4.78, 5) is 22.4. The quantitative estimate of drug-likeness (QED) is 0.671. The minimum absolute atomic E-state index is 0. The monoisotopic (exact) mass is 317 g/mol. The van der Waals surface area contributed by atoms with Gasteiger partial charge in [-0.3, -0.25) is 9.59 Å². The Bertz CT molecular complexity index is 321. The zero-order chi connectivity index (χ0) is 14.3. The Labute approximate surface area is 121 Å². The van der Waals surface area contributed by atoms with Crippen LogP contribution in [0, 0.1) is 5.92 Å². The van der Waals surface area contributed by atoms with Gasteiger partial charge in [-0.05, 0) is 31.8 Å². The van der Waals surface area contributed by atoms with Crippen molar-refractivity contribution in [2.75, 3.05) is 26.2 Å². The van der Waals surface area contributed by atoms with Gasteiger partial charge in [0.25, 0.3) is 0 Å². The lowest BCUT2D eigenvalue weighted by atomic mass is 10.0. The molecule has 1 unspecified atom stereocenters. The Morgan fingerprint density at radius 3 is 2.45 bits per heavy atom. The summed E-state index contributed by atoms with van der Waals surface area (Å²) in [5, 5.41) is 7.17. The van der Waals surface area contributed by atoms with Gasteiger partial charge in [0, 0.05) is 6.42 Å². The average molecular weight is 318 g/mol. The number of carbonyl (C=O) groups is 2. The molecule has 1 saturated heterocycles. The fourth-order valence-corrected chi connectivity index (χ4v) is 1.82. The van der Waals surface area contributed by atoms with E-state index in [2.05, 4.69) is 10.6 Å². The summed E-state index contributed by atoms with van der Waals surface area (Å²) < 4.78 is 35.4. The van der Waals surface area contributed by atoms with Crippen molar-refractivity contribution in [3.63, 3.8) is 0 Å². The molecule has 1 heterocycles. The molecule has 1 aliphatic rings. The highest BCUT2D eigenvalue weighted by Crippen LogP contribution is 2.14. The van der Waals surface area contributed by atoms with Gasteiger partial charge < -0.3 is 16.0 Å². The number of hydrogen-bond acceptors (Lipinski definition) is 3. The van der Waals surface area contributed by atoms with Crippen molar-refractivity contribution in [1.29, 1.82) is 0 Å². The SMILES string of the molecule is Cl.O=C(CCC1CCNC1)NCC(=O)NCC(F)(F)F. The smallest absolute Gasteiger partial charge is 0.347 e. The second-order valence-corrected chi connectivity index (χ2v) is 4.57. The van der Waals surface area contributed by atoms with Crippen LogP contribution in [0.1, 0.15) is 19.3 Å². The highest BCUT2D eigenvalue weighted by molar-refractivity contribution is 5.85. The van der Waals surface area contributed by atoms with E-state index < -0.39 is 25.2 Å². The van der Waals surface area contributed by atoms with E-state index in [0.29, 0.717) is 12.3 Å². The van der Waals surface area contributed by atoms with Crippen LogP contribution in [0.15, 0.2) is 0 Å². The molecule has 1 fully saturated rings. The van der Waals surface area contributed by atoms with Gasteiger partial charge in [0.15, 0.2) is 0 Å². The van der Waals surface area contributed by atoms with Crippen LogP contribution in [0.25, 0.3) is 0 Å². The van der Waals surface area contributed by atoms with Gasteiger partial charge in [-0.2, -0.15) is 13.2 Å². The number of hydrogen-bond donors (Lipinski definition) is 3. The normalized spacial score (nSPS) is 18.2. The molecular formula is C11H19ClF3N3O2. The van der Waals surface area contributed by atoms with Crippen LogP contribution in [0.5, 0.6) is 0 Å². The molecule has 2 amide bonds. The summed E-state index contributed by atoms with van der Waals surface area (Å²) in [7, 11) is 0. The molecule has 0 aromatic rings. The summed E-state index contributed by atoms with van der Waals surface area (Å²) in [6.07, 6.45) is -2.39. The number of halogens is 4. The Morgan fingerprint density at radius 1 is 1.20 bits per heavy atom. The van der Waals surface area contributed by atoms with Crippen LogP contribution < -0.4 is 16.0 Å². The first-order valence-electron chi connectivity index (χ1n) is 6.17. The highest BCUT2D eigenvalue weighted by Gasteiger charge is 2.27. The maximum atomic E-state index is 11.8. The lowest BCUT2D eigenvalue weighted by Gasteiger charge is -2.10. The Hall–Kier alpha value is -1.02.